The van der Waals surface area contributed by atoms with Gasteiger partial charge in [0.2, 0.25) is 0 Å². The number of rotatable bonds is 7. The number of benzene rings is 2. The topological polar surface area (TPSA) is 103 Å². The summed E-state index contributed by atoms with van der Waals surface area (Å²) in [5.74, 6) is -0.0514. The zero-order chi connectivity index (χ0) is 24.2. The van der Waals surface area contributed by atoms with Crippen molar-refractivity contribution in [1.82, 2.24) is 19.6 Å². The molecule has 2 N–H and O–H groups in total. The van der Waals surface area contributed by atoms with Crippen LogP contribution >= 0.6 is 11.6 Å². The molecule has 0 aliphatic heterocycles. The van der Waals surface area contributed by atoms with Crippen molar-refractivity contribution < 1.29 is 14.3 Å². The largest absolute Gasteiger partial charge is 0.471 e. The van der Waals surface area contributed by atoms with E-state index in [0.717, 1.165) is 11.1 Å². The van der Waals surface area contributed by atoms with Gasteiger partial charge in [-0.25, -0.2) is 4.68 Å². The van der Waals surface area contributed by atoms with E-state index < -0.39 is 0 Å². The highest BCUT2D eigenvalue weighted by molar-refractivity contribution is 6.32. The van der Waals surface area contributed by atoms with Crippen molar-refractivity contribution in [2.45, 2.75) is 20.6 Å². The smallest absolute Gasteiger partial charge is 0.276 e. The Morgan fingerprint density at radius 1 is 0.912 bits per heavy atom. The number of nitrogens with one attached hydrogen (secondary N) is 2. The number of aryl methyl sites for hydroxylation is 3. The van der Waals surface area contributed by atoms with Crippen LogP contribution in [0, 0.1) is 13.8 Å². The van der Waals surface area contributed by atoms with E-state index in [1.54, 1.807) is 60.5 Å². The highest BCUT2D eigenvalue weighted by atomic mass is 35.5. The molecule has 0 saturated carbocycles. The molecule has 0 unspecified atom stereocenters. The van der Waals surface area contributed by atoms with Gasteiger partial charge in [0.25, 0.3) is 11.8 Å². The summed E-state index contributed by atoms with van der Waals surface area (Å²) in [6.07, 6.45) is 3.35. The molecule has 0 fully saturated rings. The Labute approximate surface area is 201 Å². The van der Waals surface area contributed by atoms with Crippen LogP contribution in [0.15, 0.2) is 60.9 Å². The van der Waals surface area contributed by atoms with Gasteiger partial charge in [0.15, 0.2) is 18.1 Å². The van der Waals surface area contributed by atoms with Gasteiger partial charge in [0, 0.05) is 35.8 Å². The van der Waals surface area contributed by atoms with Crippen LogP contribution in [0.25, 0.3) is 0 Å². The van der Waals surface area contributed by atoms with Crippen molar-refractivity contribution in [2.75, 3.05) is 10.6 Å². The number of carbonyl (C=O) groups is 2. The summed E-state index contributed by atoms with van der Waals surface area (Å²) < 4.78 is 8.85. The number of ether oxygens (including phenoxy) is 1. The maximum atomic E-state index is 12.6. The monoisotopic (exact) mass is 478 g/mol. The Morgan fingerprint density at radius 3 is 2.09 bits per heavy atom. The van der Waals surface area contributed by atoms with E-state index in [0.29, 0.717) is 27.8 Å². The normalized spacial score (nSPS) is 10.7. The second-order valence-corrected chi connectivity index (χ2v) is 8.13. The van der Waals surface area contributed by atoms with Crippen LogP contribution in [-0.2, 0) is 13.8 Å². The highest BCUT2D eigenvalue weighted by Crippen LogP contribution is 2.26. The molecular weight excluding hydrogens is 456 g/mol. The van der Waals surface area contributed by atoms with E-state index >= 15 is 0 Å². The van der Waals surface area contributed by atoms with Crippen molar-refractivity contribution >= 4 is 34.8 Å². The Bertz CT molecular complexity index is 1340. The molecule has 0 bridgehead atoms. The molecule has 2 heterocycles. The minimum absolute atomic E-state index is 0.142. The molecule has 4 rings (SSSR count). The van der Waals surface area contributed by atoms with E-state index in [9.17, 15) is 9.59 Å². The van der Waals surface area contributed by atoms with Gasteiger partial charge < -0.3 is 15.4 Å². The van der Waals surface area contributed by atoms with E-state index in [2.05, 4.69) is 20.8 Å². The van der Waals surface area contributed by atoms with E-state index in [1.807, 2.05) is 26.0 Å². The van der Waals surface area contributed by atoms with Crippen molar-refractivity contribution in [3.05, 3.63) is 88.5 Å². The first-order chi connectivity index (χ1) is 16.3. The Morgan fingerprint density at radius 2 is 1.50 bits per heavy atom. The predicted molar refractivity (Wildman–Crippen MR) is 129 cm³/mol. The second kappa shape index (κ2) is 9.80. The average molecular weight is 479 g/mol. The van der Waals surface area contributed by atoms with Crippen molar-refractivity contribution in [2.24, 2.45) is 7.05 Å². The van der Waals surface area contributed by atoms with Gasteiger partial charge in [-0.1, -0.05) is 17.7 Å². The third-order valence-electron chi connectivity index (χ3n) is 4.97. The van der Waals surface area contributed by atoms with Crippen LogP contribution in [0.4, 0.5) is 11.4 Å². The van der Waals surface area contributed by atoms with Gasteiger partial charge in [-0.15, -0.1) is 0 Å². The molecule has 0 saturated heterocycles. The summed E-state index contributed by atoms with van der Waals surface area (Å²) >= 11 is 6.19. The van der Waals surface area contributed by atoms with E-state index in [1.165, 1.54) is 4.68 Å². The van der Waals surface area contributed by atoms with Crippen molar-refractivity contribution in [1.29, 1.82) is 0 Å². The number of nitrogens with zero attached hydrogens (tertiary/aromatic N) is 4. The summed E-state index contributed by atoms with van der Waals surface area (Å²) in [6, 6.07) is 13.8. The molecule has 2 amide bonds. The SMILES string of the molecule is Cc1cc(OCn2ccc(C(=O)Nc3cccc(NC(=O)c4ccn(C)n4)c3)n2)cc(C)c1Cl. The standard InChI is InChI=1S/C24H23ClN6O3/c1-15-11-19(12-16(2)22(15)25)34-14-31-10-8-21(29-31)24(33)27-18-6-4-5-17(13-18)26-23(32)20-7-9-30(3)28-20/h4-13H,14H2,1-3H3,(H,26,32)(H,27,33). The summed E-state index contributed by atoms with van der Waals surface area (Å²) in [5, 5.41) is 14.6. The fraction of sp³-hybridized carbons (Fsp3) is 0.167. The first-order valence-corrected chi connectivity index (χ1v) is 10.8. The number of aromatic nitrogens is 4. The summed E-state index contributed by atoms with van der Waals surface area (Å²) in [5.41, 5.74) is 3.43. The molecule has 4 aromatic rings. The summed E-state index contributed by atoms with van der Waals surface area (Å²) in [4.78, 5) is 24.9. The van der Waals surface area contributed by atoms with Gasteiger partial charge in [0.1, 0.15) is 5.75 Å². The van der Waals surface area contributed by atoms with Crippen LogP contribution in [0.1, 0.15) is 32.1 Å². The zero-order valence-electron chi connectivity index (χ0n) is 18.9. The maximum Gasteiger partial charge on any atom is 0.276 e. The lowest BCUT2D eigenvalue weighted by Gasteiger charge is -2.10. The number of halogens is 1. The molecule has 9 nitrogen and oxygen atoms in total. The maximum absolute atomic E-state index is 12.6. The number of amides is 2. The molecule has 0 aliphatic rings. The van der Waals surface area contributed by atoms with Crippen LogP contribution in [0.2, 0.25) is 5.02 Å². The number of anilines is 2. The summed E-state index contributed by atoms with van der Waals surface area (Å²) in [7, 11) is 1.74. The Balaban J connectivity index is 1.36. The van der Waals surface area contributed by atoms with Crippen molar-refractivity contribution in [3.8, 4) is 5.75 Å². The van der Waals surface area contributed by atoms with Crippen LogP contribution in [-0.4, -0.2) is 31.4 Å². The number of hydrogen-bond acceptors (Lipinski definition) is 5. The minimum atomic E-state index is -0.384. The zero-order valence-corrected chi connectivity index (χ0v) is 19.6. The van der Waals surface area contributed by atoms with E-state index in [-0.39, 0.29) is 24.2 Å². The van der Waals surface area contributed by atoms with Crippen molar-refractivity contribution in [3.63, 3.8) is 0 Å². The first-order valence-electron chi connectivity index (χ1n) is 10.4. The molecule has 0 spiro atoms. The minimum Gasteiger partial charge on any atom is -0.471 e. The number of hydrogen-bond donors (Lipinski definition) is 2. The molecule has 0 aliphatic carbocycles. The van der Waals surface area contributed by atoms with Crippen LogP contribution < -0.4 is 15.4 Å². The molecule has 174 valence electrons. The van der Waals surface area contributed by atoms with Crippen LogP contribution in [0.5, 0.6) is 5.75 Å². The molecule has 10 heteroatoms. The lowest BCUT2D eigenvalue weighted by atomic mass is 10.1. The molecule has 0 radical (unpaired) electrons. The lowest BCUT2D eigenvalue weighted by molar-refractivity contribution is 0.101. The average Bonchev–Trinajstić information content (AvgIpc) is 3.45. The quantitative estimate of drug-likeness (QED) is 0.409. The van der Waals surface area contributed by atoms with Gasteiger partial charge in [0.05, 0.1) is 0 Å². The van der Waals surface area contributed by atoms with Gasteiger partial charge in [-0.3, -0.25) is 14.3 Å². The molecule has 0 atom stereocenters. The first kappa shape index (κ1) is 23.1. The van der Waals surface area contributed by atoms with E-state index in [4.69, 9.17) is 16.3 Å². The fourth-order valence-electron chi connectivity index (χ4n) is 3.29. The fourth-order valence-corrected chi connectivity index (χ4v) is 3.40. The molecule has 2 aromatic carbocycles. The third-order valence-corrected chi connectivity index (χ3v) is 5.57. The summed E-state index contributed by atoms with van der Waals surface area (Å²) in [6.45, 7) is 3.97. The molecular formula is C24H23ClN6O3. The predicted octanol–water partition coefficient (Wildman–Crippen LogP) is 4.43. The van der Waals surface area contributed by atoms with Gasteiger partial charge in [-0.2, -0.15) is 10.2 Å². The number of carbonyl (C=O) groups excluding carboxylic acids is 2. The van der Waals surface area contributed by atoms with Gasteiger partial charge >= 0.3 is 0 Å². The second-order valence-electron chi connectivity index (χ2n) is 7.75. The van der Waals surface area contributed by atoms with Crippen LogP contribution in [0.3, 0.4) is 0 Å². The Kier molecular flexibility index (Phi) is 6.65. The molecule has 2 aromatic heterocycles. The highest BCUT2D eigenvalue weighted by Gasteiger charge is 2.13. The third kappa shape index (κ3) is 5.44. The molecule has 34 heavy (non-hydrogen) atoms. The van der Waals surface area contributed by atoms with Gasteiger partial charge in [-0.05, 0) is 67.4 Å². The lowest BCUT2D eigenvalue weighted by Crippen LogP contribution is -2.15. The Hall–Kier alpha value is -4.11.